The first-order valence-corrected chi connectivity index (χ1v) is 15.0. The largest absolute Gasteiger partial charge is 0.466 e. The number of methoxy groups -OCH3 is 2. The minimum Gasteiger partial charge on any atom is -0.466 e. The van der Waals surface area contributed by atoms with Crippen LogP contribution in [-0.2, 0) is 40.2 Å². The molecule has 8 nitrogen and oxygen atoms in total. The summed E-state index contributed by atoms with van der Waals surface area (Å²) in [4.78, 5) is 42.2. The van der Waals surface area contributed by atoms with E-state index < -0.39 is 38.9 Å². The van der Waals surface area contributed by atoms with Crippen molar-refractivity contribution in [1.82, 2.24) is 4.90 Å². The van der Waals surface area contributed by atoms with Crippen molar-refractivity contribution in [2.75, 3.05) is 14.2 Å². The average Bonchev–Trinajstić information content (AvgIpc) is 3.01. The van der Waals surface area contributed by atoms with Gasteiger partial charge in [0, 0.05) is 18.0 Å². The molecule has 2 unspecified atom stereocenters. The maximum atomic E-state index is 14.2. The van der Waals surface area contributed by atoms with Crippen molar-refractivity contribution in [3.63, 3.8) is 0 Å². The van der Waals surface area contributed by atoms with E-state index in [1.54, 1.807) is 36.4 Å². The Morgan fingerprint density at radius 3 is 2.05 bits per heavy atom. The second-order valence-corrected chi connectivity index (χ2v) is 12.5. The molecule has 3 aromatic rings. The Bertz CT molecular complexity index is 1690. The van der Waals surface area contributed by atoms with Crippen LogP contribution in [0, 0.1) is 6.92 Å². The highest BCUT2D eigenvalue weighted by atomic mass is 32.2. The van der Waals surface area contributed by atoms with Crippen LogP contribution in [0.15, 0.2) is 112 Å². The Morgan fingerprint density at radius 1 is 0.857 bits per heavy atom. The number of nitrogens with zero attached hydrogens (tertiary/aromatic N) is 1. The van der Waals surface area contributed by atoms with E-state index in [2.05, 4.69) is 0 Å². The van der Waals surface area contributed by atoms with Gasteiger partial charge in [-0.05, 0) is 42.2 Å². The average molecular weight is 586 g/mol. The molecule has 216 valence electrons. The van der Waals surface area contributed by atoms with Crippen molar-refractivity contribution < 1.29 is 32.3 Å². The lowest BCUT2D eigenvalue weighted by atomic mass is 9.73. The summed E-state index contributed by atoms with van der Waals surface area (Å²) >= 11 is 0. The van der Waals surface area contributed by atoms with E-state index in [-0.39, 0.29) is 35.4 Å². The maximum absolute atomic E-state index is 14.2. The normalized spacial score (nSPS) is 18.9. The van der Waals surface area contributed by atoms with Crippen LogP contribution < -0.4 is 0 Å². The van der Waals surface area contributed by atoms with Crippen LogP contribution in [0.2, 0.25) is 0 Å². The maximum Gasteiger partial charge on any atom is 0.335 e. The summed E-state index contributed by atoms with van der Waals surface area (Å²) in [6.45, 7) is 1.94. The van der Waals surface area contributed by atoms with E-state index >= 15 is 0 Å². The zero-order valence-corrected chi connectivity index (χ0v) is 24.4. The summed E-state index contributed by atoms with van der Waals surface area (Å²) in [5, 5.41) is -1.44. The molecule has 0 fully saturated rings. The monoisotopic (exact) mass is 585 g/mol. The minimum absolute atomic E-state index is 0.0428. The Balaban J connectivity index is 1.75. The Morgan fingerprint density at radius 2 is 1.45 bits per heavy atom. The molecule has 1 aliphatic heterocycles. The molecule has 5 rings (SSSR count). The number of sulfone groups is 1. The molecular weight excluding hydrogens is 554 g/mol. The van der Waals surface area contributed by atoms with E-state index in [1.807, 2.05) is 43.3 Å². The van der Waals surface area contributed by atoms with Crippen LogP contribution in [0.4, 0.5) is 0 Å². The fourth-order valence-electron chi connectivity index (χ4n) is 5.73. The van der Waals surface area contributed by atoms with E-state index in [4.69, 9.17) is 9.47 Å². The number of rotatable bonds is 7. The van der Waals surface area contributed by atoms with Gasteiger partial charge < -0.3 is 14.4 Å². The van der Waals surface area contributed by atoms with Gasteiger partial charge in [-0.1, -0.05) is 78.4 Å². The van der Waals surface area contributed by atoms with Crippen LogP contribution in [-0.4, -0.2) is 50.6 Å². The van der Waals surface area contributed by atoms with Crippen LogP contribution in [0.5, 0.6) is 0 Å². The fourth-order valence-corrected chi connectivity index (χ4v) is 7.37. The Hall–Kier alpha value is -4.50. The molecule has 2 atom stereocenters. The Kier molecular flexibility index (Phi) is 8.13. The van der Waals surface area contributed by atoms with E-state index in [1.165, 1.54) is 31.3 Å². The standard InChI is InChI=1S/C33H31NO7S/c1-21-14-16-24(17-15-21)42(38,39)28-19-25-27(34(31(28)35)20-22-10-6-4-7-11-22)18-26(32(36)40-2)30(33(37)41-3)29(25)23-12-8-5-9-13-23/h4-17,28-29H,18-20H2,1-3H3. The zero-order valence-electron chi connectivity index (χ0n) is 23.6. The number of amides is 1. The molecule has 3 aromatic carbocycles. The first kappa shape index (κ1) is 29.0. The van der Waals surface area contributed by atoms with Gasteiger partial charge in [-0.3, -0.25) is 4.79 Å². The lowest BCUT2D eigenvalue weighted by Gasteiger charge is -2.42. The van der Waals surface area contributed by atoms with Crippen molar-refractivity contribution in [2.24, 2.45) is 0 Å². The smallest absolute Gasteiger partial charge is 0.335 e. The number of aryl methyl sites for hydroxylation is 1. The van der Waals surface area contributed by atoms with Crippen LogP contribution >= 0.6 is 0 Å². The highest BCUT2D eigenvalue weighted by Gasteiger charge is 2.49. The number of carbonyl (C=O) groups excluding carboxylic acids is 3. The molecule has 0 N–H and O–H groups in total. The van der Waals surface area contributed by atoms with Gasteiger partial charge in [-0.2, -0.15) is 0 Å². The number of benzene rings is 3. The van der Waals surface area contributed by atoms with Gasteiger partial charge in [0.25, 0.3) is 0 Å². The molecule has 0 bridgehead atoms. The SMILES string of the molecule is COC(=O)C1=C(C(=O)OC)C(c2ccccc2)C2=C(C1)N(Cc1ccccc1)C(=O)C(S(=O)(=O)c1ccc(C)cc1)C2. The molecule has 1 amide bonds. The van der Waals surface area contributed by atoms with Crippen molar-refractivity contribution in [1.29, 1.82) is 0 Å². The molecule has 1 aliphatic carbocycles. The highest BCUT2D eigenvalue weighted by Crippen LogP contribution is 2.49. The van der Waals surface area contributed by atoms with Crippen LogP contribution in [0.1, 0.15) is 35.4 Å². The number of hydrogen-bond donors (Lipinski definition) is 0. The van der Waals surface area contributed by atoms with Crippen LogP contribution in [0.25, 0.3) is 0 Å². The lowest BCUT2D eigenvalue weighted by Crippen LogP contribution is -2.48. The molecule has 0 saturated heterocycles. The second-order valence-electron chi connectivity index (χ2n) is 10.3. The number of esters is 2. The van der Waals surface area contributed by atoms with Gasteiger partial charge in [0.2, 0.25) is 5.91 Å². The molecule has 0 spiro atoms. The van der Waals surface area contributed by atoms with Crippen molar-refractivity contribution >= 4 is 27.7 Å². The quantitative estimate of drug-likeness (QED) is 0.372. The van der Waals surface area contributed by atoms with Gasteiger partial charge >= 0.3 is 11.9 Å². The molecule has 9 heteroatoms. The van der Waals surface area contributed by atoms with Gasteiger partial charge in [0.05, 0.1) is 36.8 Å². The Labute approximate surface area is 245 Å². The molecular formula is C33H31NO7S. The highest BCUT2D eigenvalue weighted by molar-refractivity contribution is 7.92. The third-order valence-corrected chi connectivity index (χ3v) is 9.87. The predicted molar refractivity (Wildman–Crippen MR) is 156 cm³/mol. The van der Waals surface area contributed by atoms with Crippen molar-refractivity contribution in [3.8, 4) is 0 Å². The summed E-state index contributed by atoms with van der Waals surface area (Å²) in [5.41, 5.74) is 3.54. The molecule has 1 heterocycles. The zero-order chi connectivity index (χ0) is 30.0. The first-order chi connectivity index (χ1) is 20.2. The molecule has 0 radical (unpaired) electrons. The number of hydrogen-bond acceptors (Lipinski definition) is 7. The van der Waals surface area contributed by atoms with Gasteiger partial charge in [0.1, 0.15) is 5.25 Å². The van der Waals surface area contributed by atoms with Gasteiger partial charge in [-0.25, -0.2) is 18.0 Å². The summed E-state index contributed by atoms with van der Waals surface area (Å²) in [6.07, 6.45) is -0.240. The molecule has 0 aromatic heterocycles. The lowest BCUT2D eigenvalue weighted by molar-refractivity contribution is -0.140. The summed E-state index contributed by atoms with van der Waals surface area (Å²) in [6, 6.07) is 24.7. The second kappa shape index (κ2) is 11.8. The fraction of sp³-hybridized carbons (Fsp3) is 0.242. The summed E-state index contributed by atoms with van der Waals surface area (Å²) < 4.78 is 38.3. The number of ether oxygens (including phenoxy) is 2. The van der Waals surface area contributed by atoms with Gasteiger partial charge in [-0.15, -0.1) is 0 Å². The first-order valence-electron chi connectivity index (χ1n) is 13.5. The van der Waals surface area contributed by atoms with Gasteiger partial charge in [0.15, 0.2) is 9.84 Å². The minimum atomic E-state index is -4.14. The molecule has 42 heavy (non-hydrogen) atoms. The van der Waals surface area contributed by atoms with Crippen molar-refractivity contribution in [2.45, 2.75) is 42.4 Å². The number of carbonyl (C=O) groups is 3. The van der Waals surface area contributed by atoms with E-state index in [0.717, 1.165) is 11.1 Å². The van der Waals surface area contributed by atoms with Crippen LogP contribution in [0.3, 0.4) is 0 Å². The summed E-state index contributed by atoms with van der Waals surface area (Å²) in [7, 11) is -1.68. The molecule has 2 aliphatic rings. The van der Waals surface area contributed by atoms with E-state index in [0.29, 0.717) is 16.8 Å². The summed E-state index contributed by atoms with van der Waals surface area (Å²) in [5.74, 6) is -2.86. The topological polar surface area (TPSA) is 107 Å². The number of allylic oxidation sites excluding steroid dienone is 2. The third-order valence-electron chi connectivity index (χ3n) is 7.83. The van der Waals surface area contributed by atoms with E-state index in [9.17, 15) is 22.8 Å². The molecule has 0 saturated carbocycles. The predicted octanol–water partition coefficient (Wildman–Crippen LogP) is 4.65. The third kappa shape index (κ3) is 5.27. The van der Waals surface area contributed by atoms with Crippen molar-refractivity contribution in [3.05, 3.63) is 124 Å².